The summed E-state index contributed by atoms with van der Waals surface area (Å²) in [6, 6.07) is 9.70. The van der Waals surface area contributed by atoms with Gasteiger partial charge in [0.1, 0.15) is 17.1 Å². The first-order chi connectivity index (χ1) is 12.9. The molecule has 1 aromatic carbocycles. The highest BCUT2D eigenvalue weighted by Gasteiger charge is 2.28. The van der Waals surface area contributed by atoms with Gasteiger partial charge in [-0.05, 0) is 31.7 Å². The number of nitrogens with zero attached hydrogens (tertiary/aromatic N) is 1. The number of carbonyl (C=O) groups excluding carboxylic acids is 1. The number of benzene rings is 1. The molecule has 2 unspecified atom stereocenters. The summed E-state index contributed by atoms with van der Waals surface area (Å²) in [6.45, 7) is 5.97. The molecule has 0 aliphatic heterocycles. The number of nitrogens with one attached hydrogen (secondary N) is 2. The van der Waals surface area contributed by atoms with Crippen LogP contribution in [-0.2, 0) is 16.6 Å². The van der Waals surface area contributed by atoms with Crippen molar-refractivity contribution in [1.29, 1.82) is 0 Å². The van der Waals surface area contributed by atoms with E-state index in [2.05, 4.69) is 29.0 Å². The molecule has 0 fully saturated rings. The second-order valence-electron chi connectivity index (χ2n) is 5.53. The van der Waals surface area contributed by atoms with Gasteiger partial charge < -0.3 is 9.84 Å². The number of hydrogen-bond donors (Lipinski definition) is 2. The van der Waals surface area contributed by atoms with E-state index in [1.807, 2.05) is 36.6 Å². The fourth-order valence-electron chi connectivity index (χ4n) is 2.03. The first-order valence-electron chi connectivity index (χ1n) is 8.69. The van der Waals surface area contributed by atoms with E-state index in [0.717, 1.165) is 24.8 Å². The molecule has 6 nitrogen and oxygen atoms in total. The third-order valence-electron chi connectivity index (χ3n) is 3.54. The van der Waals surface area contributed by atoms with Crippen molar-refractivity contribution in [2.24, 2.45) is 5.16 Å². The van der Waals surface area contributed by atoms with Gasteiger partial charge in [0.25, 0.3) is 0 Å². The Labute approximate surface area is 175 Å². The minimum Gasteiger partial charge on any atom is -0.465 e. The van der Waals surface area contributed by atoms with Gasteiger partial charge in [-0.25, -0.2) is 4.79 Å². The number of hydrogen-bond acceptors (Lipinski definition) is 8. The molecule has 2 N–H and O–H groups in total. The van der Waals surface area contributed by atoms with Crippen LogP contribution in [0.15, 0.2) is 35.5 Å². The highest BCUT2D eigenvalue weighted by atomic mass is 32.4. The van der Waals surface area contributed by atoms with Crippen molar-refractivity contribution in [3.63, 3.8) is 0 Å². The fourth-order valence-corrected chi connectivity index (χ4v) is 6.38. The normalized spacial score (nSPS) is 14.9. The average Bonchev–Trinajstić information content (AvgIpc) is 2.69. The summed E-state index contributed by atoms with van der Waals surface area (Å²) in [6.07, 6.45) is 1.86. The molecule has 0 bridgehead atoms. The van der Waals surface area contributed by atoms with Crippen LogP contribution in [0.5, 0.6) is 5.75 Å². The van der Waals surface area contributed by atoms with Crippen molar-refractivity contribution in [2.75, 3.05) is 18.3 Å². The summed E-state index contributed by atoms with van der Waals surface area (Å²) < 4.78 is 9.63. The largest absolute Gasteiger partial charge is 0.465 e. The van der Waals surface area contributed by atoms with Crippen LogP contribution in [0, 0.1) is 0 Å². The fraction of sp³-hybridized carbons (Fsp3) is 0.529. The number of thioether (sulfide) groups is 1. The Morgan fingerprint density at radius 1 is 1.33 bits per heavy atom. The molecule has 0 saturated heterocycles. The van der Waals surface area contributed by atoms with E-state index in [1.165, 1.54) is 23.7 Å². The lowest BCUT2D eigenvalue weighted by Gasteiger charge is -2.31. The minimum atomic E-state index is -2.11. The number of carbonyl (C=O) groups is 1. The monoisotopic (exact) mass is 449 g/mol. The zero-order valence-electron chi connectivity index (χ0n) is 16.1. The van der Waals surface area contributed by atoms with Crippen LogP contribution in [0.4, 0.5) is 4.79 Å². The summed E-state index contributed by atoms with van der Waals surface area (Å²) in [5.74, 6) is 1.21. The minimum absolute atomic E-state index is 0.0577. The molecule has 27 heavy (non-hydrogen) atoms. The standard InChI is InChI=1S/C17H28N3O3PS3/c1-5-10-16(20-27-13-18-17(21)22-19-14(3)26-4)24(25,6-2)23-15-11-8-7-9-12-15/h7-9,11-12,16,20H,5-6,10,13H2,1-4H3,(H,18,21). The van der Waals surface area contributed by atoms with Crippen LogP contribution in [-0.4, -0.2) is 35.2 Å². The van der Waals surface area contributed by atoms with Crippen LogP contribution in [0.2, 0.25) is 0 Å². The number of oxime groups is 1. The smallest absolute Gasteiger partial charge is 0.434 e. The average molecular weight is 450 g/mol. The maximum absolute atomic E-state index is 11.6. The Morgan fingerprint density at radius 3 is 2.63 bits per heavy atom. The van der Waals surface area contributed by atoms with Crippen LogP contribution >= 0.6 is 30.0 Å². The molecule has 0 spiro atoms. The van der Waals surface area contributed by atoms with Crippen molar-refractivity contribution < 1.29 is 14.2 Å². The Balaban J connectivity index is 2.56. The maximum atomic E-state index is 11.6. The molecule has 152 valence electrons. The first-order valence-corrected chi connectivity index (χ1v) is 13.9. The van der Waals surface area contributed by atoms with Crippen LogP contribution < -0.4 is 14.6 Å². The summed E-state index contributed by atoms with van der Waals surface area (Å²) in [4.78, 5) is 16.4. The molecule has 1 rings (SSSR count). The first kappa shape index (κ1) is 24.3. The zero-order chi connectivity index (χ0) is 20.1. The van der Waals surface area contributed by atoms with Gasteiger partial charge in [0.2, 0.25) is 0 Å². The van der Waals surface area contributed by atoms with Crippen molar-refractivity contribution in [3.8, 4) is 5.75 Å². The molecule has 10 heteroatoms. The molecule has 0 heterocycles. The summed E-state index contributed by atoms with van der Waals surface area (Å²) in [5, 5.41) is 7.01. The molecular weight excluding hydrogens is 421 g/mol. The Morgan fingerprint density at radius 2 is 2.04 bits per heavy atom. The molecule has 0 aliphatic carbocycles. The molecule has 0 aromatic heterocycles. The van der Waals surface area contributed by atoms with E-state index in [1.54, 1.807) is 6.92 Å². The summed E-state index contributed by atoms with van der Waals surface area (Å²) in [7, 11) is 0. The molecule has 2 atom stereocenters. The quantitative estimate of drug-likeness (QED) is 0.0701. The third-order valence-corrected chi connectivity index (χ3v) is 9.62. The van der Waals surface area contributed by atoms with Gasteiger partial charge in [0.05, 0.1) is 11.7 Å². The lowest BCUT2D eigenvalue weighted by atomic mass is 10.3. The Hall–Kier alpha value is -0.730. The summed E-state index contributed by atoms with van der Waals surface area (Å²) >= 11 is 8.74. The van der Waals surface area contributed by atoms with Crippen molar-refractivity contribution in [1.82, 2.24) is 10.0 Å². The predicted molar refractivity (Wildman–Crippen MR) is 122 cm³/mol. The lowest BCUT2D eigenvalue weighted by Crippen LogP contribution is -2.30. The third kappa shape index (κ3) is 9.34. The van der Waals surface area contributed by atoms with Crippen LogP contribution in [0.3, 0.4) is 0 Å². The van der Waals surface area contributed by atoms with E-state index in [9.17, 15) is 4.79 Å². The molecular formula is C17H28N3O3PS3. The van der Waals surface area contributed by atoms with Gasteiger partial charge in [-0.2, -0.15) is 0 Å². The number of rotatable bonds is 11. The number of amides is 1. The highest BCUT2D eigenvalue weighted by molar-refractivity contribution is 8.13. The van der Waals surface area contributed by atoms with Crippen molar-refractivity contribution >= 4 is 52.9 Å². The van der Waals surface area contributed by atoms with Gasteiger partial charge in [-0.1, -0.05) is 67.4 Å². The molecule has 1 aromatic rings. The second kappa shape index (κ2) is 13.4. The van der Waals surface area contributed by atoms with Crippen molar-refractivity contribution in [3.05, 3.63) is 30.3 Å². The van der Waals surface area contributed by atoms with Gasteiger partial charge in [-0.15, -0.1) is 11.8 Å². The molecule has 1 amide bonds. The van der Waals surface area contributed by atoms with Gasteiger partial charge in [-0.3, -0.25) is 9.56 Å². The zero-order valence-corrected chi connectivity index (χ0v) is 19.5. The predicted octanol–water partition coefficient (Wildman–Crippen LogP) is 5.22. The van der Waals surface area contributed by atoms with Crippen LogP contribution in [0.25, 0.3) is 0 Å². The van der Waals surface area contributed by atoms with Gasteiger partial charge >= 0.3 is 6.09 Å². The summed E-state index contributed by atoms with van der Waals surface area (Å²) in [5.41, 5.74) is 0. The number of para-hydroxylation sites is 1. The molecule has 0 aliphatic rings. The lowest BCUT2D eigenvalue weighted by molar-refractivity contribution is 0.153. The van der Waals surface area contributed by atoms with E-state index in [-0.39, 0.29) is 5.78 Å². The van der Waals surface area contributed by atoms with Crippen molar-refractivity contribution in [2.45, 2.75) is 39.4 Å². The topological polar surface area (TPSA) is 72.0 Å². The van der Waals surface area contributed by atoms with E-state index in [0.29, 0.717) is 10.9 Å². The van der Waals surface area contributed by atoms with E-state index < -0.39 is 12.4 Å². The SMILES string of the molecule is CCCC(NSCNC(=O)ON=C(C)SC)P(=S)(CC)Oc1ccccc1. The van der Waals surface area contributed by atoms with E-state index >= 15 is 0 Å². The molecule has 0 radical (unpaired) electrons. The second-order valence-corrected chi connectivity index (χ2v) is 12.1. The Kier molecular flexibility index (Phi) is 12.1. The maximum Gasteiger partial charge on any atom is 0.434 e. The van der Waals surface area contributed by atoms with Gasteiger partial charge in [0.15, 0.2) is 0 Å². The van der Waals surface area contributed by atoms with Gasteiger partial charge in [0, 0.05) is 6.16 Å². The molecule has 0 saturated carbocycles. The van der Waals surface area contributed by atoms with E-state index in [4.69, 9.17) is 21.2 Å². The van der Waals surface area contributed by atoms with Crippen LogP contribution in [0.1, 0.15) is 33.6 Å². The Bertz CT molecular complexity index is 647. The highest BCUT2D eigenvalue weighted by Crippen LogP contribution is 2.52.